The van der Waals surface area contributed by atoms with Crippen molar-refractivity contribution in [3.63, 3.8) is 0 Å². The molecule has 3 rings (SSSR count). The maximum Gasteiger partial charge on any atom is 0.166 e. The minimum Gasteiger partial charge on any atom is -0.294 e. The van der Waals surface area contributed by atoms with Crippen LogP contribution in [0.25, 0.3) is 11.4 Å². The van der Waals surface area contributed by atoms with Crippen LogP contribution >= 0.6 is 15.9 Å². The fraction of sp³-hybridized carbons (Fsp3) is 0.214. The zero-order valence-corrected chi connectivity index (χ0v) is 11.6. The molecular formula is C14H10BrFN2O. The molecule has 0 spiro atoms. The summed E-state index contributed by atoms with van der Waals surface area (Å²) in [7, 11) is 0. The number of fused-ring (bicyclic) bond motifs is 1. The normalized spacial score (nSPS) is 14.3. The third-order valence-electron chi connectivity index (χ3n) is 3.16. The lowest BCUT2D eigenvalue weighted by Gasteiger charge is -2.13. The van der Waals surface area contributed by atoms with Crippen molar-refractivity contribution in [1.82, 2.24) is 9.97 Å². The van der Waals surface area contributed by atoms with Crippen molar-refractivity contribution in [3.05, 3.63) is 45.9 Å². The van der Waals surface area contributed by atoms with E-state index in [-0.39, 0.29) is 11.6 Å². The number of aryl methyl sites for hydroxylation is 1. The number of benzene rings is 1. The number of aromatic nitrogens is 2. The first kappa shape index (κ1) is 12.4. The summed E-state index contributed by atoms with van der Waals surface area (Å²) >= 11 is 3.14. The Balaban J connectivity index is 2.06. The Morgan fingerprint density at radius 2 is 2.11 bits per heavy atom. The minimum absolute atomic E-state index is 0.105. The van der Waals surface area contributed by atoms with E-state index in [1.165, 1.54) is 6.07 Å². The van der Waals surface area contributed by atoms with E-state index < -0.39 is 0 Å². The van der Waals surface area contributed by atoms with Crippen LogP contribution in [0, 0.1) is 5.82 Å². The van der Waals surface area contributed by atoms with E-state index in [1.807, 2.05) is 0 Å². The van der Waals surface area contributed by atoms with Crippen LogP contribution in [-0.4, -0.2) is 15.8 Å². The quantitative estimate of drug-likeness (QED) is 0.806. The number of nitrogens with zero attached hydrogens (tertiary/aromatic N) is 2. The van der Waals surface area contributed by atoms with Crippen LogP contribution in [-0.2, 0) is 6.42 Å². The molecule has 0 saturated carbocycles. The Hall–Kier alpha value is -1.62. The molecule has 0 aliphatic heterocycles. The lowest BCUT2D eigenvalue weighted by molar-refractivity contribution is 0.0971. The number of hydrogen-bond acceptors (Lipinski definition) is 3. The second-order valence-corrected chi connectivity index (χ2v) is 5.31. The summed E-state index contributed by atoms with van der Waals surface area (Å²) in [6, 6.07) is 4.64. The Morgan fingerprint density at radius 3 is 2.89 bits per heavy atom. The monoisotopic (exact) mass is 320 g/mol. The summed E-state index contributed by atoms with van der Waals surface area (Å²) in [6.45, 7) is 0. The first-order valence-electron chi connectivity index (χ1n) is 5.99. The van der Waals surface area contributed by atoms with Crippen molar-refractivity contribution in [3.8, 4) is 11.4 Å². The van der Waals surface area contributed by atoms with Crippen molar-refractivity contribution < 1.29 is 9.18 Å². The average molecular weight is 321 g/mol. The van der Waals surface area contributed by atoms with Crippen LogP contribution in [0.3, 0.4) is 0 Å². The van der Waals surface area contributed by atoms with Gasteiger partial charge in [0.15, 0.2) is 11.6 Å². The van der Waals surface area contributed by atoms with Gasteiger partial charge in [-0.25, -0.2) is 14.4 Å². The third-order valence-corrected chi connectivity index (χ3v) is 3.77. The topological polar surface area (TPSA) is 42.9 Å². The maximum atomic E-state index is 13.2. The molecule has 3 nitrogen and oxygen atoms in total. The Labute approximate surface area is 118 Å². The van der Waals surface area contributed by atoms with Crippen molar-refractivity contribution in [2.45, 2.75) is 19.3 Å². The van der Waals surface area contributed by atoms with Gasteiger partial charge in [0.05, 0.1) is 15.7 Å². The largest absolute Gasteiger partial charge is 0.294 e. The van der Waals surface area contributed by atoms with Crippen molar-refractivity contribution in [2.75, 3.05) is 0 Å². The van der Waals surface area contributed by atoms with E-state index in [1.54, 1.807) is 18.3 Å². The SMILES string of the molecule is O=C1CCCc2nc(-c3ccc(F)c(Br)c3)ncc21. The Morgan fingerprint density at radius 1 is 1.26 bits per heavy atom. The summed E-state index contributed by atoms with van der Waals surface area (Å²) in [4.78, 5) is 20.3. The van der Waals surface area contributed by atoms with Gasteiger partial charge >= 0.3 is 0 Å². The number of ketones is 1. The van der Waals surface area contributed by atoms with Crippen LogP contribution in [0.5, 0.6) is 0 Å². The van der Waals surface area contributed by atoms with Gasteiger partial charge in [-0.15, -0.1) is 0 Å². The van der Waals surface area contributed by atoms with E-state index in [2.05, 4.69) is 25.9 Å². The molecule has 0 bridgehead atoms. The number of carbonyl (C=O) groups excluding carboxylic acids is 1. The van der Waals surface area contributed by atoms with Gasteiger partial charge in [-0.2, -0.15) is 0 Å². The number of halogens is 2. The predicted molar refractivity (Wildman–Crippen MR) is 72.4 cm³/mol. The fourth-order valence-electron chi connectivity index (χ4n) is 2.17. The molecule has 1 aromatic heterocycles. The number of carbonyl (C=O) groups is 1. The van der Waals surface area contributed by atoms with Gasteiger partial charge in [-0.05, 0) is 47.0 Å². The lowest BCUT2D eigenvalue weighted by Crippen LogP contribution is -2.13. The highest BCUT2D eigenvalue weighted by molar-refractivity contribution is 9.10. The second-order valence-electron chi connectivity index (χ2n) is 4.46. The van der Waals surface area contributed by atoms with Gasteiger partial charge < -0.3 is 0 Å². The molecule has 0 saturated heterocycles. The van der Waals surface area contributed by atoms with Crippen LogP contribution < -0.4 is 0 Å². The number of Topliss-reactive ketones (excluding diaryl/α,β-unsaturated/α-hetero) is 1. The molecule has 1 aromatic carbocycles. The zero-order chi connectivity index (χ0) is 13.4. The van der Waals surface area contributed by atoms with E-state index >= 15 is 0 Å². The van der Waals surface area contributed by atoms with Gasteiger partial charge in [0.25, 0.3) is 0 Å². The predicted octanol–water partition coefficient (Wildman–Crippen LogP) is 3.56. The lowest BCUT2D eigenvalue weighted by atomic mass is 9.96. The highest BCUT2D eigenvalue weighted by atomic mass is 79.9. The molecule has 0 radical (unpaired) electrons. The van der Waals surface area contributed by atoms with Crippen LogP contribution in [0.4, 0.5) is 4.39 Å². The van der Waals surface area contributed by atoms with Crippen LogP contribution in [0.2, 0.25) is 0 Å². The zero-order valence-electron chi connectivity index (χ0n) is 9.99. The van der Waals surface area contributed by atoms with E-state index in [9.17, 15) is 9.18 Å². The summed E-state index contributed by atoms with van der Waals surface area (Å²) in [5, 5.41) is 0. The summed E-state index contributed by atoms with van der Waals surface area (Å²) in [5.74, 6) is 0.305. The van der Waals surface area contributed by atoms with Gasteiger partial charge in [0.1, 0.15) is 5.82 Å². The summed E-state index contributed by atoms with van der Waals surface area (Å²) < 4.78 is 13.6. The average Bonchev–Trinajstić information content (AvgIpc) is 2.42. The van der Waals surface area contributed by atoms with Gasteiger partial charge in [-0.3, -0.25) is 4.79 Å². The van der Waals surface area contributed by atoms with Crippen molar-refractivity contribution in [1.29, 1.82) is 0 Å². The maximum absolute atomic E-state index is 13.2. The second kappa shape index (κ2) is 4.81. The molecule has 19 heavy (non-hydrogen) atoms. The molecule has 0 unspecified atom stereocenters. The summed E-state index contributed by atoms with van der Waals surface area (Å²) in [6.07, 6.45) is 3.77. The summed E-state index contributed by atoms with van der Waals surface area (Å²) in [5.41, 5.74) is 2.15. The molecule has 2 aromatic rings. The van der Waals surface area contributed by atoms with E-state index in [0.717, 1.165) is 24.1 Å². The Kier molecular flexibility index (Phi) is 3.14. The first-order chi connectivity index (χ1) is 9.15. The van der Waals surface area contributed by atoms with Crippen LogP contribution in [0.1, 0.15) is 28.9 Å². The molecular weight excluding hydrogens is 311 g/mol. The highest BCUT2D eigenvalue weighted by Gasteiger charge is 2.19. The smallest absolute Gasteiger partial charge is 0.166 e. The minimum atomic E-state index is -0.322. The van der Waals surface area contributed by atoms with Crippen LogP contribution in [0.15, 0.2) is 28.9 Å². The molecule has 96 valence electrons. The number of rotatable bonds is 1. The molecule has 0 N–H and O–H groups in total. The number of hydrogen-bond donors (Lipinski definition) is 0. The Bertz CT molecular complexity index is 672. The van der Waals surface area contributed by atoms with Gasteiger partial charge in [-0.1, -0.05) is 0 Å². The molecule has 1 heterocycles. The van der Waals surface area contributed by atoms with Gasteiger partial charge in [0, 0.05) is 18.2 Å². The molecule has 0 fully saturated rings. The third kappa shape index (κ3) is 2.30. The first-order valence-corrected chi connectivity index (χ1v) is 6.79. The fourth-order valence-corrected chi connectivity index (χ4v) is 2.54. The molecule has 5 heteroatoms. The molecule has 0 amide bonds. The van der Waals surface area contributed by atoms with E-state index in [4.69, 9.17) is 0 Å². The van der Waals surface area contributed by atoms with Crippen molar-refractivity contribution in [2.24, 2.45) is 0 Å². The molecule has 0 atom stereocenters. The molecule has 1 aliphatic rings. The molecule has 1 aliphatic carbocycles. The van der Waals surface area contributed by atoms with Gasteiger partial charge in [0.2, 0.25) is 0 Å². The van der Waals surface area contributed by atoms with E-state index in [0.29, 0.717) is 22.3 Å². The standard InChI is InChI=1S/C14H10BrFN2O/c15-10-6-8(4-5-11(10)16)14-17-7-9-12(18-14)2-1-3-13(9)19/h4-7H,1-3H2. The van der Waals surface area contributed by atoms with Crippen molar-refractivity contribution >= 4 is 21.7 Å². The highest BCUT2D eigenvalue weighted by Crippen LogP contribution is 2.25.